The van der Waals surface area contributed by atoms with Crippen LogP contribution in [-0.2, 0) is 10.0 Å². The van der Waals surface area contributed by atoms with Crippen molar-refractivity contribution in [3.8, 4) is 23.0 Å². The standard InChI is InChI=1S/C21H20BrN3O4S/c1-4-25(5-2)30(26,27)16-9-10-18-17(12-16)13(3)19(28-18)21-23-20(24-29-21)14-7-6-8-15(22)11-14/h6-12H,4-5H2,1-3H3. The number of furan rings is 1. The molecule has 2 aromatic carbocycles. The maximum Gasteiger partial charge on any atom is 0.294 e. The van der Waals surface area contributed by atoms with E-state index in [1.54, 1.807) is 18.2 Å². The van der Waals surface area contributed by atoms with Gasteiger partial charge in [-0.15, -0.1) is 0 Å². The molecule has 0 fully saturated rings. The van der Waals surface area contributed by atoms with Gasteiger partial charge >= 0.3 is 0 Å². The van der Waals surface area contributed by atoms with Gasteiger partial charge in [0.1, 0.15) is 5.58 Å². The van der Waals surface area contributed by atoms with Gasteiger partial charge in [-0.1, -0.05) is 47.1 Å². The maximum atomic E-state index is 12.9. The molecule has 2 aromatic heterocycles. The van der Waals surface area contributed by atoms with Gasteiger partial charge in [0, 0.05) is 34.1 Å². The zero-order valence-corrected chi connectivity index (χ0v) is 19.1. The lowest BCUT2D eigenvalue weighted by atomic mass is 10.1. The molecule has 0 aliphatic rings. The molecule has 2 heterocycles. The molecular formula is C21H20BrN3O4S. The van der Waals surface area contributed by atoms with Crippen LogP contribution in [0, 0.1) is 6.92 Å². The van der Waals surface area contributed by atoms with Crippen molar-refractivity contribution in [1.82, 2.24) is 14.4 Å². The van der Waals surface area contributed by atoms with Crippen LogP contribution < -0.4 is 0 Å². The van der Waals surface area contributed by atoms with Crippen molar-refractivity contribution in [2.75, 3.05) is 13.1 Å². The topological polar surface area (TPSA) is 89.4 Å². The lowest BCUT2D eigenvalue weighted by Crippen LogP contribution is -2.30. The van der Waals surface area contributed by atoms with Crippen LogP contribution in [0.2, 0.25) is 0 Å². The van der Waals surface area contributed by atoms with Crippen molar-refractivity contribution >= 4 is 36.9 Å². The third kappa shape index (κ3) is 3.57. The fourth-order valence-electron chi connectivity index (χ4n) is 3.34. The average Bonchev–Trinajstić information content (AvgIpc) is 3.33. The first-order valence-electron chi connectivity index (χ1n) is 9.48. The lowest BCUT2D eigenvalue weighted by molar-refractivity contribution is 0.419. The number of aryl methyl sites for hydroxylation is 1. The van der Waals surface area contributed by atoms with Crippen LogP contribution in [-0.4, -0.2) is 36.0 Å². The van der Waals surface area contributed by atoms with Gasteiger partial charge in [-0.05, 0) is 37.3 Å². The summed E-state index contributed by atoms with van der Waals surface area (Å²) in [6, 6.07) is 12.4. The van der Waals surface area contributed by atoms with E-state index in [9.17, 15) is 8.42 Å². The number of nitrogens with zero attached hydrogens (tertiary/aromatic N) is 3. The third-order valence-electron chi connectivity index (χ3n) is 4.95. The summed E-state index contributed by atoms with van der Waals surface area (Å²) in [6.07, 6.45) is 0. The quantitative estimate of drug-likeness (QED) is 0.367. The molecule has 30 heavy (non-hydrogen) atoms. The predicted molar refractivity (Wildman–Crippen MR) is 117 cm³/mol. The number of hydrogen-bond donors (Lipinski definition) is 0. The molecule has 0 atom stereocenters. The number of hydrogen-bond acceptors (Lipinski definition) is 6. The van der Waals surface area contributed by atoms with E-state index in [0.717, 1.165) is 15.6 Å². The first kappa shape index (κ1) is 20.8. The van der Waals surface area contributed by atoms with E-state index in [-0.39, 0.29) is 10.8 Å². The highest BCUT2D eigenvalue weighted by Gasteiger charge is 2.24. The van der Waals surface area contributed by atoms with Crippen molar-refractivity contribution in [1.29, 1.82) is 0 Å². The molecule has 0 N–H and O–H groups in total. The second kappa shape index (κ2) is 7.98. The number of fused-ring (bicyclic) bond motifs is 1. The number of sulfonamides is 1. The minimum Gasteiger partial charge on any atom is -0.451 e. The van der Waals surface area contributed by atoms with E-state index in [1.807, 2.05) is 45.0 Å². The smallest absolute Gasteiger partial charge is 0.294 e. The van der Waals surface area contributed by atoms with Crippen molar-refractivity contribution < 1.29 is 17.4 Å². The van der Waals surface area contributed by atoms with Crippen LogP contribution >= 0.6 is 15.9 Å². The van der Waals surface area contributed by atoms with Crippen LogP contribution in [0.3, 0.4) is 0 Å². The molecule has 0 aliphatic heterocycles. The molecule has 0 aliphatic carbocycles. The highest BCUT2D eigenvalue weighted by molar-refractivity contribution is 9.10. The largest absolute Gasteiger partial charge is 0.451 e. The van der Waals surface area contributed by atoms with Crippen molar-refractivity contribution in [2.45, 2.75) is 25.7 Å². The van der Waals surface area contributed by atoms with E-state index >= 15 is 0 Å². The Bertz CT molecular complexity index is 1320. The van der Waals surface area contributed by atoms with Crippen LogP contribution in [0.4, 0.5) is 0 Å². The van der Waals surface area contributed by atoms with E-state index < -0.39 is 10.0 Å². The zero-order chi connectivity index (χ0) is 21.5. The molecule has 0 saturated carbocycles. The molecule has 9 heteroatoms. The van der Waals surface area contributed by atoms with Gasteiger partial charge in [-0.2, -0.15) is 9.29 Å². The molecule has 0 unspecified atom stereocenters. The molecule has 0 amide bonds. The number of rotatable bonds is 6. The van der Waals surface area contributed by atoms with Gasteiger partial charge in [0.15, 0.2) is 5.76 Å². The molecule has 4 aromatic rings. The third-order valence-corrected chi connectivity index (χ3v) is 7.49. The molecule has 0 saturated heterocycles. The molecular weight excluding hydrogens is 470 g/mol. The van der Waals surface area contributed by atoms with Crippen LogP contribution in [0.1, 0.15) is 19.4 Å². The Morgan fingerprint density at radius 2 is 1.87 bits per heavy atom. The summed E-state index contributed by atoms with van der Waals surface area (Å²) in [5.74, 6) is 1.11. The average molecular weight is 490 g/mol. The fraction of sp³-hybridized carbons (Fsp3) is 0.238. The van der Waals surface area contributed by atoms with Crippen molar-refractivity contribution in [2.24, 2.45) is 0 Å². The first-order chi connectivity index (χ1) is 14.3. The lowest BCUT2D eigenvalue weighted by Gasteiger charge is -2.18. The predicted octanol–water partition coefficient (Wildman–Crippen LogP) is 5.25. The Kier molecular flexibility index (Phi) is 5.52. The Balaban J connectivity index is 1.76. The van der Waals surface area contributed by atoms with Gasteiger partial charge in [0.2, 0.25) is 15.8 Å². The summed E-state index contributed by atoms with van der Waals surface area (Å²) >= 11 is 3.43. The molecule has 0 spiro atoms. The summed E-state index contributed by atoms with van der Waals surface area (Å²) in [5.41, 5.74) is 2.11. The number of halogens is 1. The number of aromatic nitrogens is 2. The molecule has 156 valence electrons. The summed E-state index contributed by atoms with van der Waals surface area (Å²) in [7, 11) is -3.56. The van der Waals surface area contributed by atoms with Gasteiger partial charge in [0.05, 0.1) is 4.90 Å². The summed E-state index contributed by atoms with van der Waals surface area (Å²) in [6.45, 7) is 6.30. The Morgan fingerprint density at radius 3 is 2.57 bits per heavy atom. The van der Waals surface area contributed by atoms with Crippen molar-refractivity contribution in [3.05, 3.63) is 52.5 Å². The summed E-state index contributed by atoms with van der Waals surface area (Å²) in [5, 5.41) is 4.74. The van der Waals surface area contributed by atoms with Gasteiger partial charge in [-0.3, -0.25) is 0 Å². The zero-order valence-electron chi connectivity index (χ0n) is 16.7. The highest BCUT2D eigenvalue weighted by Crippen LogP contribution is 2.35. The SMILES string of the molecule is CCN(CC)S(=O)(=O)c1ccc2oc(-c3nc(-c4cccc(Br)c4)no3)c(C)c2c1. The van der Waals surface area contributed by atoms with E-state index in [2.05, 4.69) is 26.1 Å². The molecule has 4 rings (SSSR count). The molecule has 0 bridgehead atoms. The van der Waals surface area contributed by atoms with Crippen LogP contribution in [0.25, 0.3) is 34.0 Å². The Labute approximate surface area is 182 Å². The summed E-state index contributed by atoms with van der Waals surface area (Å²) < 4.78 is 39.4. The van der Waals surface area contributed by atoms with Gasteiger partial charge < -0.3 is 8.94 Å². The van der Waals surface area contributed by atoms with Gasteiger partial charge in [0.25, 0.3) is 5.89 Å². The van der Waals surface area contributed by atoms with E-state index in [0.29, 0.717) is 35.6 Å². The normalized spacial score (nSPS) is 12.2. The van der Waals surface area contributed by atoms with Gasteiger partial charge in [-0.25, -0.2) is 8.42 Å². The second-order valence-electron chi connectivity index (χ2n) is 6.74. The van der Waals surface area contributed by atoms with Crippen molar-refractivity contribution in [3.63, 3.8) is 0 Å². The molecule has 7 nitrogen and oxygen atoms in total. The van der Waals surface area contributed by atoms with E-state index in [1.165, 1.54) is 4.31 Å². The molecule has 0 radical (unpaired) electrons. The minimum absolute atomic E-state index is 0.231. The highest BCUT2D eigenvalue weighted by atomic mass is 79.9. The van der Waals surface area contributed by atoms with E-state index in [4.69, 9.17) is 8.94 Å². The maximum absolute atomic E-state index is 12.9. The van der Waals surface area contributed by atoms with Crippen LogP contribution in [0.15, 0.2) is 60.8 Å². The van der Waals surface area contributed by atoms with Crippen LogP contribution in [0.5, 0.6) is 0 Å². The monoisotopic (exact) mass is 489 g/mol. The Hall–Kier alpha value is -2.49. The fourth-order valence-corrected chi connectivity index (χ4v) is 5.22. The second-order valence-corrected chi connectivity index (χ2v) is 9.59. The number of benzene rings is 2. The summed E-state index contributed by atoms with van der Waals surface area (Å²) in [4.78, 5) is 4.69. The first-order valence-corrected chi connectivity index (χ1v) is 11.7. The Morgan fingerprint density at radius 1 is 1.10 bits per heavy atom. The minimum atomic E-state index is -3.56.